The molecule has 1 aromatic rings. The summed E-state index contributed by atoms with van der Waals surface area (Å²) in [5, 5.41) is 19.0. The highest BCUT2D eigenvalue weighted by molar-refractivity contribution is 7.98. The standard InChI is InChI=1S/C14H19BO4S/c1-2-3-8-20-9-11-5-4-10-6-7-15(18)19-13(10)12(11)14(16)17/h4-5,18H,2-3,6-9H2,1H3,(H,16,17). The van der Waals surface area contributed by atoms with E-state index in [0.717, 1.165) is 29.7 Å². The zero-order chi connectivity index (χ0) is 14.5. The summed E-state index contributed by atoms with van der Waals surface area (Å²) in [6.07, 6.45) is 3.43. The van der Waals surface area contributed by atoms with E-state index in [2.05, 4.69) is 6.92 Å². The van der Waals surface area contributed by atoms with E-state index in [0.29, 0.717) is 24.2 Å². The Morgan fingerprint density at radius 1 is 1.50 bits per heavy atom. The minimum absolute atomic E-state index is 0.213. The number of hydrogen-bond donors (Lipinski definition) is 2. The molecule has 2 N–H and O–H groups in total. The molecular weight excluding hydrogens is 275 g/mol. The van der Waals surface area contributed by atoms with Crippen LogP contribution in [0.3, 0.4) is 0 Å². The summed E-state index contributed by atoms with van der Waals surface area (Å²) in [6.45, 7) is 2.14. The minimum atomic E-state index is -0.984. The molecule has 0 saturated heterocycles. The first-order valence-corrected chi connectivity index (χ1v) is 8.09. The van der Waals surface area contributed by atoms with Gasteiger partial charge in [-0.05, 0) is 36.0 Å². The lowest BCUT2D eigenvalue weighted by molar-refractivity contribution is 0.0693. The van der Waals surface area contributed by atoms with E-state index >= 15 is 0 Å². The molecule has 2 rings (SSSR count). The van der Waals surface area contributed by atoms with Crippen LogP contribution in [0.25, 0.3) is 0 Å². The average molecular weight is 294 g/mol. The average Bonchev–Trinajstić information content (AvgIpc) is 2.42. The number of aryl methyl sites for hydroxylation is 1. The fourth-order valence-corrected chi connectivity index (χ4v) is 3.35. The number of carbonyl (C=O) groups is 1. The van der Waals surface area contributed by atoms with Gasteiger partial charge in [-0.2, -0.15) is 11.8 Å². The van der Waals surface area contributed by atoms with Gasteiger partial charge in [0.15, 0.2) is 0 Å². The summed E-state index contributed by atoms with van der Waals surface area (Å²) in [4.78, 5) is 11.5. The van der Waals surface area contributed by atoms with Crippen molar-refractivity contribution in [1.82, 2.24) is 0 Å². The normalized spacial score (nSPS) is 13.8. The maximum atomic E-state index is 11.5. The molecule has 1 aromatic carbocycles. The quantitative estimate of drug-likeness (QED) is 0.624. The van der Waals surface area contributed by atoms with E-state index in [1.807, 2.05) is 12.1 Å². The van der Waals surface area contributed by atoms with E-state index in [1.165, 1.54) is 0 Å². The van der Waals surface area contributed by atoms with Gasteiger partial charge in [-0.1, -0.05) is 25.5 Å². The fraction of sp³-hybridized carbons (Fsp3) is 0.500. The van der Waals surface area contributed by atoms with E-state index in [-0.39, 0.29) is 5.56 Å². The Bertz CT molecular complexity index is 492. The Hall–Kier alpha value is -1.14. The molecule has 1 aliphatic heterocycles. The third kappa shape index (κ3) is 3.49. The lowest BCUT2D eigenvalue weighted by Gasteiger charge is -2.23. The Kier molecular flexibility index (Phi) is 5.37. The van der Waals surface area contributed by atoms with Crippen molar-refractivity contribution in [3.63, 3.8) is 0 Å². The number of carboxylic acids is 1. The van der Waals surface area contributed by atoms with Crippen molar-refractivity contribution in [3.05, 3.63) is 28.8 Å². The van der Waals surface area contributed by atoms with Crippen LogP contribution in [0.2, 0.25) is 6.32 Å². The van der Waals surface area contributed by atoms with Gasteiger partial charge >= 0.3 is 13.1 Å². The SMILES string of the molecule is CCCCSCc1ccc2c(c1C(=O)O)OB(O)CC2. The maximum Gasteiger partial charge on any atom is 0.522 e. The second kappa shape index (κ2) is 7.04. The van der Waals surface area contributed by atoms with Crippen LogP contribution in [0.4, 0.5) is 0 Å². The molecule has 0 bridgehead atoms. The van der Waals surface area contributed by atoms with Gasteiger partial charge in [-0.25, -0.2) is 4.79 Å². The van der Waals surface area contributed by atoms with Gasteiger partial charge in [0, 0.05) is 5.75 Å². The Labute approximate surface area is 123 Å². The van der Waals surface area contributed by atoms with Crippen LogP contribution in [-0.2, 0) is 12.2 Å². The molecule has 4 nitrogen and oxygen atoms in total. The number of unbranched alkanes of at least 4 members (excludes halogenated alkanes) is 1. The molecule has 108 valence electrons. The van der Waals surface area contributed by atoms with Crippen LogP contribution >= 0.6 is 11.8 Å². The molecule has 0 aliphatic carbocycles. The summed E-state index contributed by atoms with van der Waals surface area (Å²) in [5.41, 5.74) is 1.85. The van der Waals surface area contributed by atoms with E-state index in [1.54, 1.807) is 11.8 Å². The lowest BCUT2D eigenvalue weighted by Crippen LogP contribution is -2.28. The maximum absolute atomic E-state index is 11.5. The molecule has 0 unspecified atom stereocenters. The van der Waals surface area contributed by atoms with Gasteiger partial charge in [0.2, 0.25) is 0 Å². The number of carboxylic acid groups (broad SMARTS) is 1. The summed E-state index contributed by atoms with van der Waals surface area (Å²) in [6, 6.07) is 3.80. The zero-order valence-corrected chi connectivity index (χ0v) is 12.4. The van der Waals surface area contributed by atoms with Crippen molar-refractivity contribution in [2.24, 2.45) is 0 Å². The summed E-state index contributed by atoms with van der Waals surface area (Å²) in [7, 11) is -0.899. The number of aromatic carboxylic acids is 1. The van der Waals surface area contributed by atoms with E-state index < -0.39 is 13.1 Å². The second-order valence-corrected chi connectivity index (χ2v) is 6.02. The van der Waals surface area contributed by atoms with Crippen molar-refractivity contribution < 1.29 is 19.6 Å². The van der Waals surface area contributed by atoms with Gasteiger partial charge in [0.1, 0.15) is 11.3 Å². The highest BCUT2D eigenvalue weighted by atomic mass is 32.2. The molecule has 6 heteroatoms. The zero-order valence-electron chi connectivity index (χ0n) is 11.6. The Balaban J connectivity index is 2.23. The van der Waals surface area contributed by atoms with Crippen molar-refractivity contribution in [2.45, 2.75) is 38.3 Å². The molecule has 0 amide bonds. The Morgan fingerprint density at radius 2 is 2.30 bits per heavy atom. The van der Waals surface area contributed by atoms with Crippen LogP contribution in [0.15, 0.2) is 12.1 Å². The number of rotatable bonds is 6. The minimum Gasteiger partial charge on any atom is -0.535 e. The van der Waals surface area contributed by atoms with Crippen molar-refractivity contribution in [1.29, 1.82) is 0 Å². The topological polar surface area (TPSA) is 66.8 Å². The predicted molar refractivity (Wildman–Crippen MR) is 81.6 cm³/mol. The van der Waals surface area contributed by atoms with Crippen molar-refractivity contribution in [3.8, 4) is 5.75 Å². The molecule has 0 fully saturated rings. The molecule has 20 heavy (non-hydrogen) atoms. The third-order valence-corrected chi connectivity index (χ3v) is 4.45. The first-order chi connectivity index (χ1) is 9.63. The number of hydrogen-bond acceptors (Lipinski definition) is 4. The number of thioether (sulfide) groups is 1. The number of benzene rings is 1. The summed E-state index contributed by atoms with van der Waals surface area (Å²) in [5.74, 6) is 1.05. The largest absolute Gasteiger partial charge is 0.535 e. The van der Waals surface area contributed by atoms with Crippen LogP contribution < -0.4 is 4.65 Å². The van der Waals surface area contributed by atoms with Gasteiger partial charge < -0.3 is 14.8 Å². The lowest BCUT2D eigenvalue weighted by atomic mass is 9.78. The smallest absolute Gasteiger partial charge is 0.522 e. The highest BCUT2D eigenvalue weighted by Gasteiger charge is 2.29. The molecular formula is C14H19BO4S. The monoisotopic (exact) mass is 294 g/mol. The highest BCUT2D eigenvalue weighted by Crippen LogP contribution is 2.34. The summed E-state index contributed by atoms with van der Waals surface area (Å²) < 4.78 is 5.36. The van der Waals surface area contributed by atoms with Crippen LogP contribution in [-0.4, -0.2) is 29.0 Å². The molecule has 0 aromatic heterocycles. The molecule has 0 saturated carbocycles. The van der Waals surface area contributed by atoms with Crippen molar-refractivity contribution >= 4 is 24.8 Å². The summed E-state index contributed by atoms with van der Waals surface area (Å²) >= 11 is 1.73. The first-order valence-electron chi connectivity index (χ1n) is 6.94. The molecule has 0 atom stereocenters. The molecule has 0 radical (unpaired) electrons. The van der Waals surface area contributed by atoms with Gasteiger partial charge in [0.05, 0.1) is 0 Å². The molecule has 1 heterocycles. The van der Waals surface area contributed by atoms with Gasteiger partial charge in [-0.15, -0.1) is 0 Å². The third-order valence-electron chi connectivity index (χ3n) is 3.35. The van der Waals surface area contributed by atoms with Crippen molar-refractivity contribution in [2.75, 3.05) is 5.75 Å². The van der Waals surface area contributed by atoms with E-state index in [9.17, 15) is 14.9 Å². The van der Waals surface area contributed by atoms with E-state index in [4.69, 9.17) is 4.65 Å². The van der Waals surface area contributed by atoms with Gasteiger partial charge in [-0.3, -0.25) is 0 Å². The predicted octanol–water partition coefficient (Wildman–Crippen LogP) is 2.83. The first kappa shape index (κ1) is 15.3. The van der Waals surface area contributed by atoms with Gasteiger partial charge in [0.25, 0.3) is 0 Å². The second-order valence-electron chi connectivity index (χ2n) is 4.91. The molecule has 1 aliphatic rings. The molecule has 0 spiro atoms. The van der Waals surface area contributed by atoms with Crippen LogP contribution in [0.1, 0.15) is 41.3 Å². The Morgan fingerprint density at radius 3 is 3.00 bits per heavy atom. The fourth-order valence-electron chi connectivity index (χ4n) is 2.26. The number of fused-ring (bicyclic) bond motifs is 1. The van der Waals surface area contributed by atoms with Crippen LogP contribution in [0, 0.1) is 0 Å². The van der Waals surface area contributed by atoms with Crippen LogP contribution in [0.5, 0.6) is 5.75 Å².